The van der Waals surface area contributed by atoms with Gasteiger partial charge in [-0.3, -0.25) is 0 Å². The molecule has 1 N–H and O–H groups in total. The summed E-state index contributed by atoms with van der Waals surface area (Å²) in [6.45, 7) is 2.03. The van der Waals surface area contributed by atoms with Crippen LogP contribution >= 0.6 is 0 Å². The van der Waals surface area contributed by atoms with Crippen LogP contribution in [0, 0.1) is 0 Å². The molecule has 1 aliphatic rings. The summed E-state index contributed by atoms with van der Waals surface area (Å²) in [5.41, 5.74) is 2.49. The van der Waals surface area contributed by atoms with E-state index in [4.69, 9.17) is 4.74 Å². The van der Waals surface area contributed by atoms with E-state index in [0.717, 1.165) is 30.9 Å². The van der Waals surface area contributed by atoms with E-state index < -0.39 is 0 Å². The van der Waals surface area contributed by atoms with E-state index in [9.17, 15) is 4.79 Å². The number of nitrogens with one attached hydrogen (secondary N) is 1. The number of esters is 1. The molecule has 3 heterocycles. The van der Waals surface area contributed by atoms with E-state index in [1.807, 2.05) is 16.7 Å². The summed E-state index contributed by atoms with van der Waals surface area (Å²) < 4.78 is 6.60. The smallest absolute Gasteiger partial charge is 0.339 e. The molecule has 0 saturated carbocycles. The molecule has 1 atom stereocenters. The summed E-state index contributed by atoms with van der Waals surface area (Å²) in [5.74, 6) is 0.154. The van der Waals surface area contributed by atoms with Gasteiger partial charge in [-0.1, -0.05) is 0 Å². The summed E-state index contributed by atoms with van der Waals surface area (Å²) in [4.78, 5) is 16.0. The van der Waals surface area contributed by atoms with Crippen molar-refractivity contribution in [2.75, 3.05) is 20.2 Å². The summed E-state index contributed by atoms with van der Waals surface area (Å²) in [6.07, 6.45) is 4.88. The fourth-order valence-electron chi connectivity index (χ4n) is 2.35. The fraction of sp³-hybridized carbons (Fsp3) is 0.385. The number of hydrogen-bond donors (Lipinski definition) is 1. The number of carbonyl (C=O) groups excluding carboxylic acids is 1. The van der Waals surface area contributed by atoms with Gasteiger partial charge in [0.1, 0.15) is 5.65 Å². The molecule has 0 aliphatic carbocycles. The molecular weight excluding hydrogens is 230 g/mol. The first-order valence-corrected chi connectivity index (χ1v) is 6.05. The maximum absolute atomic E-state index is 11.5. The van der Waals surface area contributed by atoms with Gasteiger partial charge in [0.05, 0.1) is 18.4 Å². The van der Waals surface area contributed by atoms with Crippen molar-refractivity contribution in [1.82, 2.24) is 14.7 Å². The van der Waals surface area contributed by atoms with Crippen molar-refractivity contribution in [2.45, 2.75) is 12.3 Å². The van der Waals surface area contributed by atoms with Crippen LogP contribution in [-0.4, -0.2) is 35.6 Å². The Morgan fingerprint density at radius 1 is 1.50 bits per heavy atom. The summed E-state index contributed by atoms with van der Waals surface area (Å²) in [5, 5.41) is 3.33. The third kappa shape index (κ3) is 1.86. The number of nitrogens with zero attached hydrogens (tertiary/aromatic N) is 2. The predicted molar refractivity (Wildman–Crippen MR) is 66.8 cm³/mol. The lowest BCUT2D eigenvalue weighted by molar-refractivity contribution is 0.0600. The number of carbonyl (C=O) groups is 1. The van der Waals surface area contributed by atoms with Gasteiger partial charge in [0, 0.05) is 24.9 Å². The van der Waals surface area contributed by atoms with Crippen molar-refractivity contribution in [3.05, 3.63) is 35.8 Å². The Morgan fingerprint density at radius 3 is 3.11 bits per heavy atom. The Labute approximate surface area is 105 Å². The van der Waals surface area contributed by atoms with E-state index >= 15 is 0 Å². The molecule has 3 rings (SSSR count). The quantitative estimate of drug-likeness (QED) is 0.808. The van der Waals surface area contributed by atoms with Gasteiger partial charge < -0.3 is 14.5 Å². The molecule has 1 unspecified atom stereocenters. The van der Waals surface area contributed by atoms with Gasteiger partial charge in [-0.25, -0.2) is 9.78 Å². The van der Waals surface area contributed by atoms with Crippen molar-refractivity contribution in [1.29, 1.82) is 0 Å². The third-order valence-corrected chi connectivity index (χ3v) is 3.37. The molecule has 2 aromatic rings. The highest BCUT2D eigenvalue weighted by atomic mass is 16.5. The lowest BCUT2D eigenvalue weighted by Crippen LogP contribution is -2.07. The Bertz CT molecular complexity index is 585. The van der Waals surface area contributed by atoms with Crippen LogP contribution in [0.4, 0.5) is 0 Å². The van der Waals surface area contributed by atoms with Crippen LogP contribution in [0.3, 0.4) is 0 Å². The molecule has 0 radical (unpaired) electrons. The van der Waals surface area contributed by atoms with Gasteiger partial charge in [0.15, 0.2) is 0 Å². The lowest BCUT2D eigenvalue weighted by atomic mass is 10.1. The SMILES string of the molecule is COC(=O)c1ccc2nc(C3CCNC3)cn2c1. The minimum Gasteiger partial charge on any atom is -0.465 e. The van der Waals surface area contributed by atoms with Crippen LogP contribution in [0.1, 0.15) is 28.4 Å². The number of fused-ring (bicyclic) bond motifs is 1. The van der Waals surface area contributed by atoms with E-state index in [1.54, 1.807) is 12.3 Å². The van der Waals surface area contributed by atoms with Crippen LogP contribution in [-0.2, 0) is 4.74 Å². The number of pyridine rings is 1. The zero-order valence-corrected chi connectivity index (χ0v) is 10.2. The molecule has 0 amide bonds. The molecule has 0 bridgehead atoms. The molecule has 5 heteroatoms. The van der Waals surface area contributed by atoms with Gasteiger partial charge >= 0.3 is 5.97 Å². The van der Waals surface area contributed by atoms with E-state index in [0.29, 0.717) is 11.5 Å². The number of hydrogen-bond acceptors (Lipinski definition) is 4. The molecule has 0 spiro atoms. The first-order valence-electron chi connectivity index (χ1n) is 6.05. The summed E-state index contributed by atoms with van der Waals surface area (Å²) in [7, 11) is 1.38. The van der Waals surface area contributed by atoms with Crippen molar-refractivity contribution >= 4 is 11.6 Å². The zero-order valence-electron chi connectivity index (χ0n) is 10.2. The first kappa shape index (κ1) is 11.2. The Balaban J connectivity index is 1.98. The van der Waals surface area contributed by atoms with Crippen LogP contribution in [0.2, 0.25) is 0 Å². The molecule has 1 saturated heterocycles. The minimum atomic E-state index is -0.324. The van der Waals surface area contributed by atoms with Crippen molar-refractivity contribution in [2.24, 2.45) is 0 Å². The van der Waals surface area contributed by atoms with Gasteiger partial charge in [0.2, 0.25) is 0 Å². The number of imidazole rings is 1. The predicted octanol–water partition coefficient (Wildman–Crippen LogP) is 1.20. The average Bonchev–Trinajstić information content (AvgIpc) is 3.04. The van der Waals surface area contributed by atoms with Gasteiger partial charge in [-0.15, -0.1) is 0 Å². The topological polar surface area (TPSA) is 55.6 Å². The van der Waals surface area contributed by atoms with Crippen LogP contribution in [0.5, 0.6) is 0 Å². The summed E-state index contributed by atoms with van der Waals surface area (Å²) in [6, 6.07) is 3.59. The maximum Gasteiger partial charge on any atom is 0.339 e. The molecule has 5 nitrogen and oxygen atoms in total. The van der Waals surface area contributed by atoms with E-state index in [-0.39, 0.29) is 5.97 Å². The number of rotatable bonds is 2. The molecule has 1 fully saturated rings. The van der Waals surface area contributed by atoms with E-state index in [2.05, 4.69) is 10.3 Å². The minimum absolute atomic E-state index is 0.324. The molecule has 2 aromatic heterocycles. The number of ether oxygens (including phenoxy) is 1. The molecule has 94 valence electrons. The average molecular weight is 245 g/mol. The highest BCUT2D eigenvalue weighted by Crippen LogP contribution is 2.22. The Morgan fingerprint density at radius 2 is 2.39 bits per heavy atom. The Kier molecular flexibility index (Phi) is 2.76. The molecule has 18 heavy (non-hydrogen) atoms. The Hall–Kier alpha value is -1.88. The highest BCUT2D eigenvalue weighted by molar-refractivity contribution is 5.89. The van der Waals surface area contributed by atoms with Crippen molar-refractivity contribution < 1.29 is 9.53 Å². The van der Waals surface area contributed by atoms with Gasteiger partial charge in [-0.2, -0.15) is 0 Å². The molecular formula is C13H15N3O2. The summed E-state index contributed by atoms with van der Waals surface area (Å²) >= 11 is 0. The normalized spacial score (nSPS) is 19.3. The van der Waals surface area contributed by atoms with Gasteiger partial charge in [0.25, 0.3) is 0 Å². The van der Waals surface area contributed by atoms with E-state index in [1.165, 1.54) is 7.11 Å². The highest BCUT2D eigenvalue weighted by Gasteiger charge is 2.19. The number of aromatic nitrogens is 2. The second-order valence-electron chi connectivity index (χ2n) is 4.53. The molecule has 0 aromatic carbocycles. The third-order valence-electron chi connectivity index (χ3n) is 3.37. The fourth-order valence-corrected chi connectivity index (χ4v) is 2.35. The van der Waals surface area contributed by atoms with Crippen molar-refractivity contribution in [3.63, 3.8) is 0 Å². The number of methoxy groups -OCH3 is 1. The second-order valence-corrected chi connectivity index (χ2v) is 4.53. The molecule has 1 aliphatic heterocycles. The van der Waals surface area contributed by atoms with Crippen LogP contribution in [0.25, 0.3) is 5.65 Å². The van der Waals surface area contributed by atoms with Crippen molar-refractivity contribution in [3.8, 4) is 0 Å². The maximum atomic E-state index is 11.5. The van der Waals surface area contributed by atoms with Crippen LogP contribution < -0.4 is 5.32 Å². The second kappa shape index (κ2) is 4.42. The monoisotopic (exact) mass is 245 g/mol. The zero-order chi connectivity index (χ0) is 12.5. The van der Waals surface area contributed by atoms with Crippen LogP contribution in [0.15, 0.2) is 24.5 Å². The largest absolute Gasteiger partial charge is 0.465 e. The lowest BCUT2D eigenvalue weighted by Gasteiger charge is -2.01. The first-order chi connectivity index (χ1) is 8.78. The van der Waals surface area contributed by atoms with Gasteiger partial charge in [-0.05, 0) is 25.1 Å². The standard InChI is InChI=1S/C13H15N3O2/c1-18-13(17)10-2-3-12-15-11(8-16(12)7-10)9-4-5-14-6-9/h2-3,7-9,14H,4-6H2,1H3.